The lowest BCUT2D eigenvalue weighted by molar-refractivity contribution is 0.415. The van der Waals surface area contributed by atoms with Crippen LogP contribution in [0, 0.1) is 0 Å². The number of hydrogen-bond acceptors (Lipinski definition) is 7. The molecule has 0 aliphatic rings. The maximum atomic E-state index is 13.3. The number of nitrogens with one attached hydrogen (secondary N) is 1. The molecule has 0 unspecified atom stereocenters. The van der Waals surface area contributed by atoms with E-state index in [4.69, 9.17) is 13.6 Å². The van der Waals surface area contributed by atoms with Crippen LogP contribution in [0.3, 0.4) is 0 Å². The van der Waals surface area contributed by atoms with Gasteiger partial charge in [-0.2, -0.15) is 4.98 Å². The monoisotopic (exact) mass is 488 g/mol. The molecule has 2 aromatic heterocycles. The third-order valence-electron chi connectivity index (χ3n) is 4.31. The van der Waals surface area contributed by atoms with Gasteiger partial charge < -0.3 is 18.9 Å². The van der Waals surface area contributed by atoms with Crippen LogP contribution in [-0.4, -0.2) is 20.5 Å². The first-order chi connectivity index (χ1) is 14.5. The average molecular weight is 489 g/mol. The van der Waals surface area contributed by atoms with Crippen LogP contribution in [0.25, 0.3) is 11.5 Å². The molecule has 4 rings (SSSR count). The summed E-state index contributed by atoms with van der Waals surface area (Å²) in [5.41, 5.74) is 0.620. The molecular formula is C21H17BrN2O5S. The smallest absolute Gasteiger partial charge is 0.234 e. The second kappa shape index (κ2) is 8.37. The summed E-state index contributed by atoms with van der Waals surface area (Å²) in [4.78, 5) is 4.42. The Hall–Kier alpha value is -3.04. The van der Waals surface area contributed by atoms with Crippen LogP contribution < -0.4 is 10.1 Å². The van der Waals surface area contributed by atoms with Gasteiger partial charge in [0.25, 0.3) is 0 Å². The molecule has 0 aliphatic carbocycles. The fraction of sp³-hybridized carbons (Fsp3) is 0.0952. The molecule has 0 bridgehead atoms. The molecule has 7 nitrogen and oxygen atoms in total. The maximum absolute atomic E-state index is 13.3. The fourth-order valence-corrected chi connectivity index (χ4v) is 4.31. The Morgan fingerprint density at radius 3 is 2.43 bits per heavy atom. The third kappa shape index (κ3) is 4.12. The summed E-state index contributed by atoms with van der Waals surface area (Å²) in [5.74, 6) is 1.52. The van der Waals surface area contributed by atoms with Gasteiger partial charge in [-0.15, -0.1) is 0 Å². The summed E-state index contributed by atoms with van der Waals surface area (Å²) in [6.45, 7) is 0.243. The van der Waals surface area contributed by atoms with Gasteiger partial charge in [0.2, 0.25) is 26.6 Å². The predicted octanol–water partition coefficient (Wildman–Crippen LogP) is 5.15. The van der Waals surface area contributed by atoms with Crippen molar-refractivity contribution in [3.63, 3.8) is 0 Å². The van der Waals surface area contributed by atoms with Crippen LogP contribution in [0.4, 0.5) is 5.88 Å². The Kier molecular flexibility index (Phi) is 5.65. The molecule has 0 radical (unpaired) electrons. The van der Waals surface area contributed by atoms with Crippen LogP contribution in [0.5, 0.6) is 5.75 Å². The zero-order valence-corrected chi connectivity index (χ0v) is 18.2. The summed E-state index contributed by atoms with van der Waals surface area (Å²) < 4.78 is 43.6. The number of hydrogen-bond donors (Lipinski definition) is 1. The lowest BCUT2D eigenvalue weighted by Crippen LogP contribution is -2.07. The minimum atomic E-state index is -3.92. The molecule has 0 saturated carbocycles. The summed E-state index contributed by atoms with van der Waals surface area (Å²) in [5, 5.41) is 2.79. The van der Waals surface area contributed by atoms with Crippen LogP contribution >= 0.6 is 15.9 Å². The van der Waals surface area contributed by atoms with Gasteiger partial charge in [0.05, 0.1) is 24.8 Å². The van der Waals surface area contributed by atoms with Crippen molar-refractivity contribution in [2.75, 3.05) is 12.4 Å². The van der Waals surface area contributed by atoms with Gasteiger partial charge in [0, 0.05) is 10.0 Å². The lowest BCUT2D eigenvalue weighted by atomic mass is 10.2. The lowest BCUT2D eigenvalue weighted by Gasteiger charge is -2.05. The highest BCUT2D eigenvalue weighted by atomic mass is 79.9. The first-order valence-electron chi connectivity index (χ1n) is 8.89. The number of furan rings is 1. The van der Waals surface area contributed by atoms with Crippen LogP contribution in [0.2, 0.25) is 0 Å². The standard InChI is InChI=1S/C21H17BrN2O5S/c1-27-16-8-4-14(5-9-16)19-24-21(20(29-19)23-13-17-3-2-12-28-17)30(25,26)18-10-6-15(22)7-11-18/h2-12,23H,13H2,1H3. The minimum absolute atomic E-state index is 0.0418. The zero-order valence-electron chi connectivity index (χ0n) is 15.8. The van der Waals surface area contributed by atoms with Crippen molar-refractivity contribution in [3.05, 3.63) is 77.2 Å². The molecule has 0 saturated heterocycles. The maximum Gasteiger partial charge on any atom is 0.234 e. The average Bonchev–Trinajstić information content (AvgIpc) is 3.43. The number of anilines is 1. The van der Waals surface area contributed by atoms with Crippen LogP contribution in [0.1, 0.15) is 5.76 Å². The summed E-state index contributed by atoms with van der Waals surface area (Å²) in [6.07, 6.45) is 1.54. The van der Waals surface area contributed by atoms with E-state index < -0.39 is 9.84 Å². The molecule has 0 fully saturated rings. The normalized spacial score (nSPS) is 11.4. The van der Waals surface area contributed by atoms with Crippen LogP contribution in [0.15, 0.2) is 90.2 Å². The van der Waals surface area contributed by atoms with E-state index in [-0.39, 0.29) is 28.2 Å². The van der Waals surface area contributed by atoms with E-state index in [0.29, 0.717) is 17.1 Å². The molecule has 0 aliphatic heterocycles. The molecule has 0 spiro atoms. The highest BCUT2D eigenvalue weighted by molar-refractivity contribution is 9.10. The largest absolute Gasteiger partial charge is 0.497 e. The van der Waals surface area contributed by atoms with E-state index in [1.807, 2.05) is 0 Å². The van der Waals surface area contributed by atoms with Crippen LogP contribution in [-0.2, 0) is 16.4 Å². The Labute approximate surface area is 181 Å². The van der Waals surface area contributed by atoms with Crippen molar-refractivity contribution in [2.24, 2.45) is 0 Å². The number of ether oxygens (including phenoxy) is 1. The van der Waals surface area contributed by atoms with E-state index in [0.717, 1.165) is 4.47 Å². The summed E-state index contributed by atoms with van der Waals surface area (Å²) in [6, 6.07) is 16.9. The number of oxazole rings is 1. The van der Waals surface area contributed by atoms with E-state index in [2.05, 4.69) is 26.2 Å². The van der Waals surface area contributed by atoms with Gasteiger partial charge in [0.15, 0.2) is 0 Å². The predicted molar refractivity (Wildman–Crippen MR) is 114 cm³/mol. The molecule has 1 N–H and O–H groups in total. The molecular weight excluding hydrogens is 472 g/mol. The van der Waals surface area contributed by atoms with Gasteiger partial charge in [-0.1, -0.05) is 15.9 Å². The number of sulfone groups is 1. The van der Waals surface area contributed by atoms with Crippen molar-refractivity contribution in [3.8, 4) is 17.2 Å². The second-order valence-corrected chi connectivity index (χ2v) is 9.05. The van der Waals surface area contributed by atoms with Gasteiger partial charge >= 0.3 is 0 Å². The fourth-order valence-electron chi connectivity index (χ4n) is 2.76. The molecule has 0 amide bonds. The number of methoxy groups -OCH3 is 1. The quantitative estimate of drug-likeness (QED) is 0.384. The molecule has 9 heteroatoms. The number of nitrogens with zero attached hydrogens (tertiary/aromatic N) is 1. The highest BCUT2D eigenvalue weighted by Crippen LogP contribution is 2.33. The summed E-state index contributed by atoms with van der Waals surface area (Å²) >= 11 is 3.31. The number of aromatic nitrogens is 1. The van der Waals surface area contributed by atoms with E-state index in [1.54, 1.807) is 61.9 Å². The van der Waals surface area contributed by atoms with E-state index in [1.165, 1.54) is 12.1 Å². The molecule has 2 aromatic carbocycles. The van der Waals surface area contributed by atoms with Crippen molar-refractivity contribution in [1.82, 2.24) is 4.98 Å². The van der Waals surface area contributed by atoms with Crippen molar-refractivity contribution >= 4 is 31.7 Å². The van der Waals surface area contributed by atoms with Crippen molar-refractivity contribution < 1.29 is 22.0 Å². The van der Waals surface area contributed by atoms with E-state index >= 15 is 0 Å². The first-order valence-corrected chi connectivity index (χ1v) is 11.2. The first kappa shape index (κ1) is 20.2. The second-order valence-electron chi connectivity index (χ2n) is 6.27. The Bertz CT molecular complexity index is 1230. The van der Waals surface area contributed by atoms with Gasteiger partial charge in [-0.3, -0.25) is 0 Å². The molecule has 154 valence electrons. The molecule has 4 aromatic rings. The zero-order chi connectivity index (χ0) is 21.1. The Morgan fingerprint density at radius 2 is 1.80 bits per heavy atom. The third-order valence-corrected chi connectivity index (χ3v) is 6.52. The SMILES string of the molecule is COc1ccc(-c2nc(S(=O)(=O)c3ccc(Br)cc3)c(NCc3ccco3)o2)cc1. The van der Waals surface area contributed by atoms with Crippen molar-refractivity contribution in [2.45, 2.75) is 16.5 Å². The molecule has 30 heavy (non-hydrogen) atoms. The Morgan fingerprint density at radius 1 is 1.07 bits per heavy atom. The summed E-state index contributed by atoms with van der Waals surface area (Å²) in [7, 11) is -2.35. The molecule has 0 atom stereocenters. The van der Waals surface area contributed by atoms with E-state index in [9.17, 15) is 8.42 Å². The minimum Gasteiger partial charge on any atom is -0.497 e. The van der Waals surface area contributed by atoms with Gasteiger partial charge in [-0.25, -0.2) is 8.42 Å². The molecule has 2 heterocycles. The van der Waals surface area contributed by atoms with Gasteiger partial charge in [-0.05, 0) is 60.7 Å². The Balaban J connectivity index is 1.75. The number of benzene rings is 2. The highest BCUT2D eigenvalue weighted by Gasteiger charge is 2.28. The topological polar surface area (TPSA) is 94.6 Å². The van der Waals surface area contributed by atoms with Crippen molar-refractivity contribution in [1.29, 1.82) is 0 Å². The number of halogens is 1. The number of rotatable bonds is 7. The van der Waals surface area contributed by atoms with Gasteiger partial charge in [0.1, 0.15) is 11.5 Å².